The van der Waals surface area contributed by atoms with Crippen molar-refractivity contribution in [1.82, 2.24) is 0 Å². The van der Waals surface area contributed by atoms with Crippen LogP contribution in [0.25, 0.3) is 0 Å². The van der Waals surface area contributed by atoms with Gasteiger partial charge in [-0.2, -0.15) is 18.4 Å². The summed E-state index contributed by atoms with van der Waals surface area (Å²) in [6.07, 6.45) is -3.39. The van der Waals surface area contributed by atoms with E-state index in [4.69, 9.17) is 11.0 Å². The van der Waals surface area contributed by atoms with E-state index in [1.807, 2.05) is 0 Å². The number of alkyl halides is 3. The van der Waals surface area contributed by atoms with Crippen LogP contribution in [0.5, 0.6) is 0 Å². The van der Waals surface area contributed by atoms with Gasteiger partial charge in [-0.25, -0.2) is 0 Å². The monoisotopic (exact) mass is 283 g/mol. The minimum Gasteiger partial charge on any atom is -0.368 e. The van der Waals surface area contributed by atoms with Crippen molar-refractivity contribution in [1.29, 1.82) is 5.26 Å². The number of rotatable bonds is 2. The highest BCUT2D eigenvalue weighted by atomic mass is 19.4. The second-order valence-electron chi connectivity index (χ2n) is 4.59. The normalized spacial score (nSPS) is 18.9. The number of carbonyl (C=O) groups is 1. The molecule has 1 fully saturated rings. The molecule has 0 saturated carbocycles. The van der Waals surface area contributed by atoms with Crippen LogP contribution in [0.4, 0.5) is 18.9 Å². The highest BCUT2D eigenvalue weighted by molar-refractivity contribution is 5.84. The lowest BCUT2D eigenvalue weighted by Gasteiger charge is -2.25. The summed E-state index contributed by atoms with van der Waals surface area (Å²) in [4.78, 5) is 12.9. The van der Waals surface area contributed by atoms with Gasteiger partial charge >= 0.3 is 6.18 Å². The van der Waals surface area contributed by atoms with E-state index in [9.17, 15) is 18.0 Å². The van der Waals surface area contributed by atoms with E-state index in [-0.39, 0.29) is 5.69 Å². The van der Waals surface area contributed by atoms with Crippen LogP contribution in [0.1, 0.15) is 24.0 Å². The molecule has 2 N–H and O–H groups in total. The van der Waals surface area contributed by atoms with Crippen LogP contribution in [-0.4, -0.2) is 18.5 Å². The van der Waals surface area contributed by atoms with Crippen molar-refractivity contribution < 1.29 is 18.0 Å². The quantitative estimate of drug-likeness (QED) is 0.902. The first-order valence-electron chi connectivity index (χ1n) is 6.02. The number of primary amides is 1. The van der Waals surface area contributed by atoms with Crippen molar-refractivity contribution in [3.8, 4) is 6.07 Å². The van der Waals surface area contributed by atoms with E-state index in [1.54, 1.807) is 4.90 Å². The molecule has 1 heterocycles. The number of anilines is 1. The van der Waals surface area contributed by atoms with Gasteiger partial charge in [-0.05, 0) is 31.0 Å². The van der Waals surface area contributed by atoms with Gasteiger partial charge in [-0.3, -0.25) is 4.79 Å². The molecule has 1 amide bonds. The molecule has 0 aliphatic carbocycles. The molecule has 1 aliphatic heterocycles. The minimum absolute atomic E-state index is 0.262. The molecular formula is C13H12F3N3O. The van der Waals surface area contributed by atoms with Crippen molar-refractivity contribution in [2.75, 3.05) is 11.4 Å². The largest absolute Gasteiger partial charge is 0.417 e. The third-order valence-corrected chi connectivity index (χ3v) is 3.34. The Hall–Kier alpha value is -2.23. The molecule has 1 saturated heterocycles. The molecule has 0 radical (unpaired) electrons. The maximum Gasteiger partial charge on any atom is 0.417 e. The van der Waals surface area contributed by atoms with Crippen LogP contribution in [0.15, 0.2) is 18.2 Å². The third-order valence-electron chi connectivity index (χ3n) is 3.34. The van der Waals surface area contributed by atoms with Gasteiger partial charge < -0.3 is 10.6 Å². The molecule has 0 aromatic heterocycles. The summed E-state index contributed by atoms with van der Waals surface area (Å²) in [5, 5.41) is 8.74. The number of nitrogens with two attached hydrogens (primary N) is 1. The molecular weight excluding hydrogens is 271 g/mol. The fraction of sp³-hybridized carbons (Fsp3) is 0.385. The molecule has 2 rings (SSSR count). The molecule has 20 heavy (non-hydrogen) atoms. The SMILES string of the molecule is N#Cc1ccc(N2CCCC2C(N)=O)cc1C(F)(F)F. The van der Waals surface area contributed by atoms with E-state index in [0.29, 0.717) is 19.4 Å². The zero-order valence-electron chi connectivity index (χ0n) is 10.4. The molecule has 1 atom stereocenters. The van der Waals surface area contributed by atoms with Crippen LogP contribution in [0.3, 0.4) is 0 Å². The topological polar surface area (TPSA) is 70.1 Å². The van der Waals surface area contributed by atoms with E-state index in [1.165, 1.54) is 12.1 Å². The Morgan fingerprint density at radius 1 is 1.45 bits per heavy atom. The van der Waals surface area contributed by atoms with Gasteiger partial charge in [0.25, 0.3) is 0 Å². The number of nitriles is 1. The summed E-state index contributed by atoms with van der Waals surface area (Å²) in [6.45, 7) is 0.469. The Labute approximate surface area is 113 Å². The zero-order valence-corrected chi connectivity index (χ0v) is 10.4. The Morgan fingerprint density at radius 3 is 2.70 bits per heavy atom. The van der Waals surface area contributed by atoms with Crippen molar-refractivity contribution in [2.24, 2.45) is 5.73 Å². The molecule has 7 heteroatoms. The molecule has 0 bridgehead atoms. The number of nitrogens with zero attached hydrogens (tertiary/aromatic N) is 2. The lowest BCUT2D eigenvalue weighted by atomic mass is 10.1. The predicted molar refractivity (Wildman–Crippen MR) is 65.7 cm³/mol. The average Bonchev–Trinajstić information content (AvgIpc) is 2.86. The smallest absolute Gasteiger partial charge is 0.368 e. The van der Waals surface area contributed by atoms with Crippen LogP contribution in [0, 0.1) is 11.3 Å². The van der Waals surface area contributed by atoms with E-state index < -0.39 is 29.3 Å². The standard InChI is InChI=1S/C13H12F3N3O/c14-13(15,16)10-6-9(4-3-8(10)7-17)19-5-1-2-11(19)12(18)20/h3-4,6,11H,1-2,5H2,(H2,18,20). The van der Waals surface area contributed by atoms with Crippen LogP contribution in [0.2, 0.25) is 0 Å². The van der Waals surface area contributed by atoms with Crippen LogP contribution >= 0.6 is 0 Å². The lowest BCUT2D eigenvalue weighted by Crippen LogP contribution is -2.40. The number of carbonyl (C=O) groups excluding carboxylic acids is 1. The Kier molecular flexibility index (Phi) is 3.57. The maximum atomic E-state index is 12.9. The number of halogens is 3. The Bertz CT molecular complexity index is 577. The first-order chi connectivity index (χ1) is 9.34. The number of benzene rings is 1. The highest BCUT2D eigenvalue weighted by Gasteiger charge is 2.36. The second kappa shape index (κ2) is 5.04. The molecule has 0 spiro atoms. The van der Waals surface area contributed by atoms with Crippen LogP contribution < -0.4 is 10.6 Å². The Balaban J connectivity index is 2.44. The van der Waals surface area contributed by atoms with Crippen molar-refractivity contribution in [3.63, 3.8) is 0 Å². The van der Waals surface area contributed by atoms with Crippen molar-refractivity contribution in [3.05, 3.63) is 29.3 Å². The molecule has 1 aromatic rings. The van der Waals surface area contributed by atoms with Gasteiger partial charge in [0.15, 0.2) is 0 Å². The van der Waals surface area contributed by atoms with Crippen molar-refractivity contribution in [2.45, 2.75) is 25.1 Å². The molecule has 4 nitrogen and oxygen atoms in total. The minimum atomic E-state index is -4.61. The number of hydrogen-bond donors (Lipinski definition) is 1. The van der Waals surface area contributed by atoms with E-state index >= 15 is 0 Å². The van der Waals surface area contributed by atoms with Gasteiger partial charge in [-0.15, -0.1) is 0 Å². The average molecular weight is 283 g/mol. The first-order valence-corrected chi connectivity index (χ1v) is 6.02. The lowest BCUT2D eigenvalue weighted by molar-refractivity contribution is -0.137. The van der Waals surface area contributed by atoms with Gasteiger partial charge in [0.05, 0.1) is 17.2 Å². The summed E-state index contributed by atoms with van der Waals surface area (Å²) in [5.41, 5.74) is 4.08. The molecule has 106 valence electrons. The predicted octanol–water partition coefficient (Wildman–Crippen LogP) is 2.03. The molecule has 1 aromatic carbocycles. The summed E-state index contributed by atoms with van der Waals surface area (Å²) in [5.74, 6) is -0.555. The number of hydrogen-bond acceptors (Lipinski definition) is 3. The summed E-state index contributed by atoms with van der Waals surface area (Å²) >= 11 is 0. The summed E-state index contributed by atoms with van der Waals surface area (Å²) in [7, 11) is 0. The Morgan fingerprint density at radius 2 is 2.15 bits per heavy atom. The fourth-order valence-corrected chi connectivity index (χ4v) is 2.41. The molecule has 1 aliphatic rings. The van der Waals surface area contributed by atoms with Gasteiger partial charge in [-0.1, -0.05) is 0 Å². The van der Waals surface area contributed by atoms with Crippen LogP contribution in [-0.2, 0) is 11.0 Å². The van der Waals surface area contributed by atoms with Gasteiger partial charge in [0, 0.05) is 12.2 Å². The second-order valence-corrected chi connectivity index (χ2v) is 4.59. The third kappa shape index (κ3) is 2.54. The molecule has 1 unspecified atom stereocenters. The summed E-state index contributed by atoms with van der Waals surface area (Å²) < 4.78 is 38.7. The van der Waals surface area contributed by atoms with Crippen molar-refractivity contribution >= 4 is 11.6 Å². The van der Waals surface area contributed by atoms with Gasteiger partial charge in [0.1, 0.15) is 6.04 Å². The summed E-state index contributed by atoms with van der Waals surface area (Å²) in [6, 6.07) is 4.36. The maximum absolute atomic E-state index is 12.9. The van der Waals surface area contributed by atoms with Gasteiger partial charge in [0.2, 0.25) is 5.91 Å². The highest BCUT2D eigenvalue weighted by Crippen LogP contribution is 2.36. The van der Waals surface area contributed by atoms with E-state index in [2.05, 4.69) is 0 Å². The first kappa shape index (κ1) is 14.2. The zero-order chi connectivity index (χ0) is 14.9. The fourth-order valence-electron chi connectivity index (χ4n) is 2.41. The van der Waals surface area contributed by atoms with E-state index in [0.717, 1.165) is 12.1 Å². The number of amides is 1.